The molecule has 0 aromatic carbocycles. The number of carbonyl (C=O) groups is 1. The van der Waals surface area contributed by atoms with Crippen LogP contribution in [-0.2, 0) is 0 Å². The summed E-state index contributed by atoms with van der Waals surface area (Å²) in [5, 5.41) is 6.17. The zero-order valence-corrected chi connectivity index (χ0v) is 16.3. The Kier molecular flexibility index (Phi) is 3.65. The summed E-state index contributed by atoms with van der Waals surface area (Å²) in [4.78, 5) is 29.4. The quantitative estimate of drug-likeness (QED) is 0.736. The minimum absolute atomic E-state index is 0.0596. The van der Waals surface area contributed by atoms with Crippen molar-refractivity contribution in [2.75, 3.05) is 31.1 Å². The van der Waals surface area contributed by atoms with Crippen LogP contribution < -0.4 is 10.2 Å². The molecule has 2 aliphatic rings. The van der Waals surface area contributed by atoms with E-state index in [2.05, 4.69) is 35.5 Å². The second-order valence-corrected chi connectivity index (χ2v) is 8.94. The molecule has 5 heterocycles. The fourth-order valence-corrected chi connectivity index (χ4v) is 5.45. The Morgan fingerprint density at radius 1 is 1.27 bits per heavy atom. The number of piperazine rings is 1. The predicted molar refractivity (Wildman–Crippen MR) is 106 cm³/mol. The smallest absolute Gasteiger partial charge is 0.317 e. The van der Waals surface area contributed by atoms with Crippen LogP contribution in [0.25, 0.3) is 20.9 Å². The summed E-state index contributed by atoms with van der Waals surface area (Å²) < 4.78 is 0. The van der Waals surface area contributed by atoms with Crippen molar-refractivity contribution in [2.24, 2.45) is 0 Å². The molecule has 1 unspecified atom stereocenters. The Balaban J connectivity index is 1.63. The minimum Gasteiger partial charge on any atom is -0.352 e. The van der Waals surface area contributed by atoms with Gasteiger partial charge in [-0.25, -0.2) is 14.8 Å². The van der Waals surface area contributed by atoms with E-state index in [1.54, 1.807) is 22.7 Å². The van der Waals surface area contributed by atoms with Crippen LogP contribution in [0.3, 0.4) is 0 Å². The Hall–Kier alpha value is -2.19. The third-order valence-corrected chi connectivity index (χ3v) is 7.25. The average Bonchev–Trinajstić information content (AvgIpc) is 3.36. The summed E-state index contributed by atoms with van der Waals surface area (Å²) in [5.41, 5.74) is 1.26. The van der Waals surface area contributed by atoms with Crippen molar-refractivity contribution in [1.29, 1.82) is 0 Å². The second-order valence-electron chi connectivity index (χ2n) is 6.79. The van der Waals surface area contributed by atoms with Gasteiger partial charge in [0.25, 0.3) is 0 Å². The first-order chi connectivity index (χ1) is 12.6. The molecule has 1 N–H and O–H groups in total. The number of anilines is 1. The molecule has 3 aromatic rings. The van der Waals surface area contributed by atoms with Crippen molar-refractivity contribution in [3.63, 3.8) is 0 Å². The molecule has 2 saturated heterocycles. The molecule has 3 aromatic heterocycles. The van der Waals surface area contributed by atoms with Gasteiger partial charge in [-0.15, -0.1) is 22.7 Å². The zero-order chi connectivity index (χ0) is 17.8. The number of urea groups is 1. The van der Waals surface area contributed by atoms with Gasteiger partial charge >= 0.3 is 6.03 Å². The zero-order valence-electron chi connectivity index (χ0n) is 14.7. The highest BCUT2D eigenvalue weighted by Crippen LogP contribution is 2.38. The summed E-state index contributed by atoms with van der Waals surface area (Å²) in [6.45, 7) is 7.36. The molecular formula is C18H19N5OS2. The van der Waals surface area contributed by atoms with E-state index >= 15 is 0 Å². The molecule has 1 atom stereocenters. The fourth-order valence-electron chi connectivity index (χ4n) is 3.77. The molecule has 8 heteroatoms. The normalized spacial score (nSPS) is 19.9. The molecule has 134 valence electrons. The summed E-state index contributed by atoms with van der Waals surface area (Å²) in [6.07, 6.45) is 0. The number of aromatic nitrogens is 2. The van der Waals surface area contributed by atoms with Gasteiger partial charge in [-0.3, -0.25) is 0 Å². The van der Waals surface area contributed by atoms with E-state index in [9.17, 15) is 4.79 Å². The fraction of sp³-hybridized carbons (Fsp3) is 0.389. The van der Waals surface area contributed by atoms with Gasteiger partial charge in [0.2, 0.25) is 0 Å². The molecule has 2 fully saturated rings. The van der Waals surface area contributed by atoms with Crippen LogP contribution in [0.5, 0.6) is 0 Å². The van der Waals surface area contributed by atoms with Gasteiger partial charge in [-0.05, 0) is 30.9 Å². The number of carbonyl (C=O) groups excluding carboxylic acids is 1. The third kappa shape index (κ3) is 2.39. The molecule has 2 amide bonds. The van der Waals surface area contributed by atoms with Crippen LogP contribution in [0.1, 0.15) is 10.4 Å². The predicted octanol–water partition coefficient (Wildman–Crippen LogP) is 3.25. The van der Waals surface area contributed by atoms with E-state index in [1.165, 1.54) is 15.8 Å². The monoisotopic (exact) mass is 385 g/mol. The molecule has 0 aliphatic carbocycles. The highest BCUT2D eigenvalue weighted by molar-refractivity contribution is 7.19. The average molecular weight is 386 g/mol. The lowest BCUT2D eigenvalue weighted by Gasteiger charge is -2.37. The molecule has 0 saturated carbocycles. The van der Waals surface area contributed by atoms with Crippen molar-refractivity contribution >= 4 is 44.7 Å². The van der Waals surface area contributed by atoms with Crippen LogP contribution in [-0.4, -0.2) is 53.1 Å². The number of hydrogen-bond acceptors (Lipinski definition) is 6. The molecule has 0 radical (unpaired) electrons. The van der Waals surface area contributed by atoms with Crippen LogP contribution in [0, 0.1) is 13.8 Å². The molecule has 2 aliphatic heterocycles. The van der Waals surface area contributed by atoms with E-state index in [4.69, 9.17) is 9.97 Å². The van der Waals surface area contributed by atoms with Crippen LogP contribution >= 0.6 is 22.7 Å². The highest BCUT2D eigenvalue weighted by atomic mass is 32.1. The van der Waals surface area contributed by atoms with E-state index in [0.29, 0.717) is 6.54 Å². The van der Waals surface area contributed by atoms with Crippen LogP contribution in [0.2, 0.25) is 0 Å². The number of aryl methyl sites for hydroxylation is 2. The van der Waals surface area contributed by atoms with E-state index < -0.39 is 0 Å². The number of hydrogen-bond donors (Lipinski definition) is 1. The van der Waals surface area contributed by atoms with Gasteiger partial charge in [0.05, 0.1) is 16.3 Å². The lowest BCUT2D eigenvalue weighted by molar-refractivity contribution is 0.197. The largest absolute Gasteiger partial charge is 0.352 e. The highest BCUT2D eigenvalue weighted by Gasteiger charge is 2.36. The molecular weight excluding hydrogens is 366 g/mol. The topological polar surface area (TPSA) is 61.4 Å². The Bertz CT molecular complexity index is 997. The van der Waals surface area contributed by atoms with E-state index in [-0.39, 0.29) is 12.1 Å². The summed E-state index contributed by atoms with van der Waals surface area (Å²) in [7, 11) is 0. The van der Waals surface area contributed by atoms with Gasteiger partial charge in [0.1, 0.15) is 10.6 Å². The number of nitrogens with zero attached hydrogens (tertiary/aromatic N) is 4. The standard InChI is InChI=1S/C18H19N5OS2/c1-10-11(2)26-17-14(10)16(20-15(21-17)13-4-3-7-25-13)22-5-6-23-12(9-22)8-19-18(23)24/h3-4,7,12H,5-6,8-9H2,1-2H3,(H,19,24). The van der Waals surface area contributed by atoms with Gasteiger partial charge in [-0.2, -0.15) is 0 Å². The van der Waals surface area contributed by atoms with Gasteiger partial charge < -0.3 is 15.1 Å². The Labute approximate surface area is 159 Å². The van der Waals surface area contributed by atoms with Crippen molar-refractivity contribution < 1.29 is 4.79 Å². The molecule has 0 spiro atoms. The number of thiophene rings is 2. The molecule has 0 bridgehead atoms. The van der Waals surface area contributed by atoms with Gasteiger partial charge in [0.15, 0.2) is 5.82 Å². The lowest BCUT2D eigenvalue weighted by atomic mass is 10.1. The summed E-state index contributed by atoms with van der Waals surface area (Å²) >= 11 is 3.40. The first-order valence-corrected chi connectivity index (χ1v) is 10.4. The van der Waals surface area contributed by atoms with Crippen molar-refractivity contribution in [3.8, 4) is 10.7 Å². The number of rotatable bonds is 2. The van der Waals surface area contributed by atoms with Crippen molar-refractivity contribution in [2.45, 2.75) is 19.9 Å². The maximum absolute atomic E-state index is 11.9. The van der Waals surface area contributed by atoms with Crippen LogP contribution in [0.15, 0.2) is 17.5 Å². The lowest BCUT2D eigenvalue weighted by Crippen LogP contribution is -2.52. The first-order valence-electron chi connectivity index (χ1n) is 8.73. The summed E-state index contributed by atoms with van der Waals surface area (Å²) in [5.74, 6) is 1.81. The van der Waals surface area contributed by atoms with Crippen LogP contribution in [0.4, 0.5) is 10.6 Å². The Morgan fingerprint density at radius 3 is 2.96 bits per heavy atom. The maximum Gasteiger partial charge on any atom is 0.317 e. The van der Waals surface area contributed by atoms with E-state index in [1.807, 2.05) is 11.0 Å². The number of amides is 2. The maximum atomic E-state index is 11.9. The second kappa shape index (κ2) is 5.92. The minimum atomic E-state index is 0.0596. The molecule has 6 nitrogen and oxygen atoms in total. The number of fused-ring (bicyclic) bond motifs is 2. The van der Waals surface area contributed by atoms with Gasteiger partial charge in [-0.1, -0.05) is 6.07 Å². The molecule has 5 rings (SSSR count). The van der Waals surface area contributed by atoms with Gasteiger partial charge in [0, 0.05) is 31.1 Å². The first kappa shape index (κ1) is 16.0. The van der Waals surface area contributed by atoms with E-state index in [0.717, 1.165) is 41.0 Å². The summed E-state index contributed by atoms with van der Waals surface area (Å²) in [6, 6.07) is 4.38. The molecule has 26 heavy (non-hydrogen) atoms. The van der Waals surface area contributed by atoms with Crippen molar-refractivity contribution in [3.05, 3.63) is 28.0 Å². The number of nitrogens with one attached hydrogen (secondary N) is 1. The van der Waals surface area contributed by atoms with Crippen molar-refractivity contribution in [1.82, 2.24) is 20.2 Å². The Morgan fingerprint density at radius 2 is 2.15 bits per heavy atom. The SMILES string of the molecule is Cc1sc2nc(-c3cccs3)nc(N3CCN4C(=O)NCC4C3)c2c1C. The third-order valence-electron chi connectivity index (χ3n) is 5.28.